The molecule has 5 rings (SSSR count). The molecule has 0 radical (unpaired) electrons. The van der Waals surface area contributed by atoms with Crippen LogP contribution in [-0.4, -0.2) is 34.8 Å². The standard InChI is InChI=1S/C26H28ClN3O3S/c1-15(2)10-12-33-17-5-3-16(4-6-17)23-24-18-9-11-28-13-20(18)34-26(24)29-19(25(23)27)14-30-21(31)7-8-22(30)32/h3-6,15,28H,7-14H2,1-2H3. The van der Waals surface area contributed by atoms with E-state index in [1.165, 1.54) is 15.3 Å². The summed E-state index contributed by atoms with van der Waals surface area (Å²) in [5.41, 5.74) is 3.76. The molecule has 4 heterocycles. The SMILES string of the molecule is CC(C)CCOc1ccc(-c2c(Cl)c(CN3C(=O)CCC3=O)nc3sc4c(c23)CCNC4)cc1. The average Bonchev–Trinajstić information content (AvgIpc) is 3.34. The molecule has 0 spiro atoms. The highest BCUT2D eigenvalue weighted by molar-refractivity contribution is 7.19. The first-order valence-electron chi connectivity index (χ1n) is 11.8. The van der Waals surface area contributed by atoms with Crippen LogP contribution in [0.5, 0.6) is 5.75 Å². The molecule has 1 saturated heterocycles. The van der Waals surface area contributed by atoms with Crippen molar-refractivity contribution in [3.8, 4) is 16.9 Å². The number of amides is 2. The van der Waals surface area contributed by atoms with Gasteiger partial charge >= 0.3 is 0 Å². The molecule has 0 unspecified atom stereocenters. The van der Waals surface area contributed by atoms with Crippen LogP contribution in [0.2, 0.25) is 5.02 Å². The number of fused-ring (bicyclic) bond motifs is 3. The quantitative estimate of drug-likeness (QED) is 0.446. The summed E-state index contributed by atoms with van der Waals surface area (Å²) in [6.45, 7) is 6.88. The highest BCUT2D eigenvalue weighted by Gasteiger charge is 2.31. The zero-order chi connectivity index (χ0) is 23.8. The van der Waals surface area contributed by atoms with Crippen molar-refractivity contribution in [3.05, 3.63) is 45.4 Å². The molecule has 2 aromatic heterocycles. The number of carbonyl (C=O) groups is 2. The Morgan fingerprint density at radius 2 is 1.88 bits per heavy atom. The van der Waals surface area contributed by atoms with Crippen molar-refractivity contribution >= 4 is 45.0 Å². The van der Waals surface area contributed by atoms with Gasteiger partial charge in [0.1, 0.15) is 10.6 Å². The van der Waals surface area contributed by atoms with E-state index in [4.69, 9.17) is 21.3 Å². The van der Waals surface area contributed by atoms with Crippen molar-refractivity contribution in [1.29, 1.82) is 0 Å². The fourth-order valence-electron chi connectivity index (χ4n) is 4.54. The monoisotopic (exact) mass is 497 g/mol. The number of rotatable bonds is 7. The topological polar surface area (TPSA) is 71.5 Å². The summed E-state index contributed by atoms with van der Waals surface area (Å²) in [5.74, 6) is 1.09. The number of aromatic nitrogens is 1. The zero-order valence-electron chi connectivity index (χ0n) is 19.4. The van der Waals surface area contributed by atoms with Gasteiger partial charge in [-0.2, -0.15) is 0 Å². The van der Waals surface area contributed by atoms with Crippen LogP contribution in [0.1, 0.15) is 49.2 Å². The third kappa shape index (κ3) is 4.44. The number of thiophene rings is 1. The van der Waals surface area contributed by atoms with E-state index in [1.54, 1.807) is 11.3 Å². The van der Waals surface area contributed by atoms with E-state index >= 15 is 0 Å². The molecule has 1 aromatic carbocycles. The van der Waals surface area contributed by atoms with Crippen LogP contribution in [0, 0.1) is 5.92 Å². The molecule has 0 aliphatic carbocycles. The molecule has 6 nitrogen and oxygen atoms in total. The minimum absolute atomic E-state index is 0.108. The summed E-state index contributed by atoms with van der Waals surface area (Å²) in [6.07, 6.45) is 2.43. The minimum atomic E-state index is -0.165. The number of hydrogen-bond acceptors (Lipinski definition) is 6. The molecular weight excluding hydrogens is 470 g/mol. The largest absolute Gasteiger partial charge is 0.494 e. The van der Waals surface area contributed by atoms with Gasteiger partial charge in [-0.05, 0) is 48.6 Å². The number of imide groups is 1. The van der Waals surface area contributed by atoms with Gasteiger partial charge in [0.2, 0.25) is 11.8 Å². The fourth-order valence-corrected chi connectivity index (χ4v) is 6.06. The lowest BCUT2D eigenvalue weighted by Crippen LogP contribution is -2.29. The van der Waals surface area contributed by atoms with Crippen molar-refractivity contribution < 1.29 is 14.3 Å². The molecule has 2 aliphatic rings. The second kappa shape index (κ2) is 9.64. The molecule has 1 N–H and O–H groups in total. The number of carbonyl (C=O) groups excluding carboxylic acids is 2. The van der Waals surface area contributed by atoms with Gasteiger partial charge in [-0.3, -0.25) is 14.5 Å². The van der Waals surface area contributed by atoms with E-state index in [1.807, 2.05) is 24.3 Å². The van der Waals surface area contributed by atoms with Gasteiger partial charge in [-0.1, -0.05) is 37.6 Å². The fraction of sp³-hybridized carbons (Fsp3) is 0.423. The number of halogens is 1. The molecule has 3 aromatic rings. The smallest absolute Gasteiger partial charge is 0.230 e. The first kappa shape index (κ1) is 23.3. The Hall–Kier alpha value is -2.48. The van der Waals surface area contributed by atoms with Gasteiger partial charge in [-0.25, -0.2) is 4.98 Å². The summed E-state index contributed by atoms with van der Waals surface area (Å²) in [7, 11) is 0. The first-order valence-corrected chi connectivity index (χ1v) is 13.0. The van der Waals surface area contributed by atoms with Crippen molar-refractivity contribution in [3.63, 3.8) is 0 Å². The molecule has 0 atom stereocenters. The molecule has 0 bridgehead atoms. The van der Waals surface area contributed by atoms with Crippen LogP contribution in [0.15, 0.2) is 24.3 Å². The zero-order valence-corrected chi connectivity index (χ0v) is 21.0. The number of nitrogens with zero attached hydrogens (tertiary/aromatic N) is 2. The lowest BCUT2D eigenvalue weighted by atomic mass is 9.96. The molecule has 8 heteroatoms. The normalized spacial score (nSPS) is 16.1. The van der Waals surface area contributed by atoms with E-state index < -0.39 is 0 Å². The second-order valence-corrected chi connectivity index (χ2v) is 10.7. The molecule has 2 amide bonds. The third-order valence-electron chi connectivity index (χ3n) is 6.44. The lowest BCUT2D eigenvalue weighted by Gasteiger charge is -2.18. The van der Waals surface area contributed by atoms with Gasteiger partial charge in [0.25, 0.3) is 0 Å². The van der Waals surface area contributed by atoms with Crippen LogP contribution in [0.3, 0.4) is 0 Å². The number of likely N-dealkylation sites (tertiary alicyclic amines) is 1. The van der Waals surface area contributed by atoms with Gasteiger partial charge in [-0.15, -0.1) is 11.3 Å². The predicted octanol–water partition coefficient (Wildman–Crippen LogP) is 5.34. The molecule has 0 saturated carbocycles. The average molecular weight is 498 g/mol. The molecule has 178 valence electrons. The van der Waals surface area contributed by atoms with Gasteiger partial charge in [0.05, 0.1) is 23.9 Å². The maximum Gasteiger partial charge on any atom is 0.230 e. The summed E-state index contributed by atoms with van der Waals surface area (Å²) in [6, 6.07) is 8.02. The van der Waals surface area contributed by atoms with E-state index in [9.17, 15) is 9.59 Å². The van der Waals surface area contributed by atoms with Crippen LogP contribution < -0.4 is 10.1 Å². The third-order valence-corrected chi connectivity index (χ3v) is 7.97. The Kier molecular flexibility index (Phi) is 6.60. The van der Waals surface area contributed by atoms with Crippen LogP contribution in [0.25, 0.3) is 21.3 Å². The Labute approximate surface area is 208 Å². The van der Waals surface area contributed by atoms with Gasteiger partial charge < -0.3 is 10.1 Å². The van der Waals surface area contributed by atoms with Gasteiger partial charge in [0.15, 0.2) is 0 Å². The van der Waals surface area contributed by atoms with Crippen LogP contribution in [-0.2, 0) is 29.1 Å². The maximum atomic E-state index is 12.3. The molecule has 2 aliphatic heterocycles. The number of nitrogens with one attached hydrogen (secondary N) is 1. The summed E-state index contributed by atoms with van der Waals surface area (Å²) in [4.78, 5) is 32.8. The van der Waals surface area contributed by atoms with E-state index in [0.717, 1.165) is 53.0 Å². The van der Waals surface area contributed by atoms with E-state index in [2.05, 4.69) is 19.2 Å². The van der Waals surface area contributed by atoms with E-state index in [0.29, 0.717) is 23.2 Å². The van der Waals surface area contributed by atoms with Crippen molar-refractivity contribution in [2.24, 2.45) is 5.92 Å². The second-order valence-electron chi connectivity index (χ2n) is 9.29. The number of ether oxygens (including phenoxy) is 1. The van der Waals surface area contributed by atoms with Crippen molar-refractivity contribution in [1.82, 2.24) is 15.2 Å². The Bertz CT molecular complexity index is 1240. The number of benzene rings is 1. The Morgan fingerprint density at radius 1 is 1.15 bits per heavy atom. The molecular formula is C26H28ClN3O3S. The molecule has 1 fully saturated rings. The Morgan fingerprint density at radius 3 is 2.59 bits per heavy atom. The predicted molar refractivity (Wildman–Crippen MR) is 135 cm³/mol. The summed E-state index contributed by atoms with van der Waals surface area (Å²) < 4.78 is 5.90. The van der Waals surface area contributed by atoms with Crippen molar-refractivity contribution in [2.45, 2.75) is 52.6 Å². The highest BCUT2D eigenvalue weighted by atomic mass is 35.5. The number of hydrogen-bond donors (Lipinski definition) is 1. The maximum absolute atomic E-state index is 12.3. The number of pyridine rings is 1. The van der Waals surface area contributed by atoms with E-state index in [-0.39, 0.29) is 31.2 Å². The molecule has 34 heavy (non-hydrogen) atoms. The minimum Gasteiger partial charge on any atom is -0.494 e. The highest BCUT2D eigenvalue weighted by Crippen LogP contribution is 2.44. The van der Waals surface area contributed by atoms with Gasteiger partial charge in [0, 0.05) is 35.2 Å². The van der Waals surface area contributed by atoms with Crippen LogP contribution in [0.4, 0.5) is 0 Å². The van der Waals surface area contributed by atoms with Crippen molar-refractivity contribution in [2.75, 3.05) is 13.2 Å². The summed E-state index contributed by atoms with van der Waals surface area (Å²) in [5, 5.41) is 5.02. The Balaban J connectivity index is 1.57. The summed E-state index contributed by atoms with van der Waals surface area (Å²) >= 11 is 8.66. The van der Waals surface area contributed by atoms with Crippen LogP contribution >= 0.6 is 22.9 Å². The lowest BCUT2D eigenvalue weighted by molar-refractivity contribution is -0.139. The first-order chi connectivity index (χ1) is 16.4.